The summed E-state index contributed by atoms with van der Waals surface area (Å²) in [6.07, 6.45) is 7.22. The van der Waals surface area contributed by atoms with Gasteiger partial charge in [0.25, 0.3) is 6.47 Å². The van der Waals surface area contributed by atoms with E-state index in [-0.39, 0.29) is 0 Å². The highest BCUT2D eigenvalue weighted by atomic mass is 16.5. The first-order valence-corrected chi connectivity index (χ1v) is 3.62. The first-order valence-electron chi connectivity index (χ1n) is 3.62. The van der Waals surface area contributed by atoms with Crippen LogP contribution in [-0.2, 0) is 9.53 Å². The molecule has 0 aromatic rings. The fourth-order valence-electron chi connectivity index (χ4n) is 0.617. The Morgan fingerprint density at radius 3 is 2.80 bits per heavy atom. The zero-order valence-corrected chi connectivity index (χ0v) is 6.38. The lowest BCUT2D eigenvalue weighted by Crippen LogP contribution is -1.89. The van der Waals surface area contributed by atoms with E-state index in [1.165, 1.54) is 0 Å². The van der Waals surface area contributed by atoms with Crippen molar-refractivity contribution < 1.29 is 9.53 Å². The fourth-order valence-corrected chi connectivity index (χ4v) is 0.617. The molecule has 0 radical (unpaired) electrons. The van der Waals surface area contributed by atoms with Gasteiger partial charge in [-0.15, -0.1) is 0 Å². The number of hydrogen-bond acceptors (Lipinski definition) is 2. The maximum Gasteiger partial charge on any atom is 0.293 e. The summed E-state index contributed by atoms with van der Waals surface area (Å²) in [4.78, 5) is 9.65. The Bertz CT molecular complexity index is 97.4. The molecule has 0 aliphatic heterocycles. The van der Waals surface area contributed by atoms with Gasteiger partial charge in [0.15, 0.2) is 0 Å². The molecule has 0 aromatic carbocycles. The van der Waals surface area contributed by atoms with Crippen molar-refractivity contribution in [3.63, 3.8) is 0 Å². The van der Waals surface area contributed by atoms with E-state index in [4.69, 9.17) is 0 Å². The molecule has 0 spiro atoms. The van der Waals surface area contributed by atoms with Crippen LogP contribution in [0.15, 0.2) is 12.2 Å². The fraction of sp³-hybridized carbons (Fsp3) is 0.625. The number of hydrogen-bond donors (Lipinski definition) is 0. The lowest BCUT2D eigenvalue weighted by atomic mass is 10.3. The number of carbonyl (C=O) groups excluding carboxylic acids is 1. The number of rotatable bonds is 6. The van der Waals surface area contributed by atoms with Crippen molar-refractivity contribution in [1.29, 1.82) is 0 Å². The van der Waals surface area contributed by atoms with Crippen LogP contribution in [0.25, 0.3) is 0 Å². The summed E-state index contributed by atoms with van der Waals surface area (Å²) in [5.41, 5.74) is 0. The topological polar surface area (TPSA) is 26.3 Å². The minimum absolute atomic E-state index is 0.490. The van der Waals surface area contributed by atoms with Gasteiger partial charge in [-0.25, -0.2) is 0 Å². The van der Waals surface area contributed by atoms with Crippen LogP contribution in [-0.4, -0.2) is 13.1 Å². The highest BCUT2D eigenvalue weighted by Gasteiger charge is 1.81. The quantitative estimate of drug-likeness (QED) is 0.321. The molecular formula is C8H14O2. The maximum absolute atomic E-state index is 9.65. The second kappa shape index (κ2) is 8.21. The Labute approximate surface area is 61.9 Å². The van der Waals surface area contributed by atoms with Crippen LogP contribution in [0.2, 0.25) is 0 Å². The minimum Gasteiger partial charge on any atom is -0.468 e. The molecule has 2 heteroatoms. The Morgan fingerprint density at radius 1 is 1.40 bits per heavy atom. The van der Waals surface area contributed by atoms with Crippen LogP contribution in [0, 0.1) is 0 Å². The van der Waals surface area contributed by atoms with Gasteiger partial charge in [-0.2, -0.15) is 0 Å². The van der Waals surface area contributed by atoms with Crippen molar-refractivity contribution in [1.82, 2.24) is 0 Å². The molecule has 0 aliphatic rings. The molecule has 0 amide bonds. The van der Waals surface area contributed by atoms with E-state index in [1.54, 1.807) is 0 Å². The molecule has 0 rings (SSSR count). The Kier molecular flexibility index (Phi) is 7.56. The van der Waals surface area contributed by atoms with Gasteiger partial charge in [0.1, 0.15) is 0 Å². The van der Waals surface area contributed by atoms with E-state index in [9.17, 15) is 4.79 Å². The Hall–Kier alpha value is -0.790. The Morgan fingerprint density at radius 2 is 2.20 bits per heavy atom. The molecule has 58 valence electrons. The number of unbranched alkanes of at least 4 members (excludes halogenated alkanes) is 1. The summed E-state index contributed by atoms with van der Waals surface area (Å²) >= 11 is 0. The molecule has 0 aromatic heterocycles. The van der Waals surface area contributed by atoms with E-state index in [0.717, 1.165) is 19.3 Å². The van der Waals surface area contributed by atoms with Crippen LogP contribution in [0.5, 0.6) is 0 Å². The summed E-state index contributed by atoms with van der Waals surface area (Å²) in [5.74, 6) is 0. The molecular weight excluding hydrogens is 128 g/mol. The molecule has 0 saturated heterocycles. The third-order valence-corrected chi connectivity index (χ3v) is 1.10. The predicted octanol–water partition coefficient (Wildman–Crippen LogP) is 1.91. The largest absolute Gasteiger partial charge is 0.468 e. The van der Waals surface area contributed by atoms with Gasteiger partial charge in [0.2, 0.25) is 0 Å². The monoisotopic (exact) mass is 142 g/mol. The van der Waals surface area contributed by atoms with Crippen LogP contribution >= 0.6 is 0 Å². The predicted molar refractivity (Wildman–Crippen MR) is 40.7 cm³/mol. The third-order valence-electron chi connectivity index (χ3n) is 1.10. The molecule has 0 fully saturated rings. The average molecular weight is 142 g/mol. The molecule has 0 N–H and O–H groups in total. The number of ether oxygens (including phenoxy) is 1. The number of allylic oxidation sites excluding steroid dienone is 2. The van der Waals surface area contributed by atoms with Crippen LogP contribution in [0.4, 0.5) is 0 Å². The Balaban J connectivity index is 2.89. The average Bonchev–Trinajstić information content (AvgIpc) is 1.97. The highest BCUT2D eigenvalue weighted by Crippen LogP contribution is 1.91. The number of carbonyl (C=O) groups is 1. The normalized spacial score (nSPS) is 10.1. The van der Waals surface area contributed by atoms with Crippen LogP contribution in [0.1, 0.15) is 26.2 Å². The zero-order valence-electron chi connectivity index (χ0n) is 6.38. The molecule has 0 saturated carbocycles. The van der Waals surface area contributed by atoms with Gasteiger partial charge >= 0.3 is 0 Å². The van der Waals surface area contributed by atoms with Crippen LogP contribution < -0.4 is 0 Å². The molecule has 2 nitrogen and oxygen atoms in total. The van der Waals surface area contributed by atoms with E-state index >= 15 is 0 Å². The third kappa shape index (κ3) is 7.21. The van der Waals surface area contributed by atoms with Gasteiger partial charge in [0.05, 0.1) is 6.61 Å². The van der Waals surface area contributed by atoms with Gasteiger partial charge in [-0.05, 0) is 19.3 Å². The summed E-state index contributed by atoms with van der Waals surface area (Å²) in [7, 11) is 0. The van der Waals surface area contributed by atoms with Gasteiger partial charge < -0.3 is 4.74 Å². The van der Waals surface area contributed by atoms with E-state index < -0.39 is 0 Å². The maximum atomic E-state index is 9.65. The van der Waals surface area contributed by atoms with E-state index in [1.807, 2.05) is 0 Å². The summed E-state index contributed by atoms with van der Waals surface area (Å²) < 4.78 is 4.50. The second-order valence-electron chi connectivity index (χ2n) is 1.99. The summed E-state index contributed by atoms with van der Waals surface area (Å²) in [6.45, 7) is 3.12. The lowest BCUT2D eigenvalue weighted by molar-refractivity contribution is -0.128. The summed E-state index contributed by atoms with van der Waals surface area (Å²) in [5, 5.41) is 0. The van der Waals surface area contributed by atoms with Crippen LogP contribution in [0.3, 0.4) is 0 Å². The lowest BCUT2D eigenvalue weighted by Gasteiger charge is -1.92. The smallest absolute Gasteiger partial charge is 0.293 e. The summed E-state index contributed by atoms with van der Waals surface area (Å²) in [6, 6.07) is 0. The second-order valence-corrected chi connectivity index (χ2v) is 1.99. The molecule has 0 heterocycles. The molecule has 0 bridgehead atoms. The molecule has 0 aliphatic carbocycles. The van der Waals surface area contributed by atoms with Crippen molar-refractivity contribution in [3.05, 3.63) is 12.2 Å². The standard InChI is InChI=1S/C8H14O2/c1-2-3-4-5-6-7-10-8-9/h3-4,8H,2,5-7H2,1H3/b4-3-. The first-order chi connectivity index (χ1) is 4.91. The van der Waals surface area contributed by atoms with Gasteiger partial charge in [-0.3, -0.25) is 4.79 Å². The van der Waals surface area contributed by atoms with E-state index in [2.05, 4.69) is 23.8 Å². The zero-order chi connectivity index (χ0) is 7.66. The van der Waals surface area contributed by atoms with Gasteiger partial charge in [-0.1, -0.05) is 19.1 Å². The molecule has 10 heavy (non-hydrogen) atoms. The SMILES string of the molecule is CC/C=C\CCCOC=O. The molecule has 0 unspecified atom stereocenters. The van der Waals surface area contributed by atoms with Crippen molar-refractivity contribution in [2.75, 3.05) is 6.61 Å². The minimum atomic E-state index is 0.490. The van der Waals surface area contributed by atoms with Crippen molar-refractivity contribution in [2.45, 2.75) is 26.2 Å². The van der Waals surface area contributed by atoms with Crippen molar-refractivity contribution in [2.24, 2.45) is 0 Å². The van der Waals surface area contributed by atoms with Crippen molar-refractivity contribution >= 4 is 6.47 Å². The van der Waals surface area contributed by atoms with E-state index in [0.29, 0.717) is 13.1 Å². The first kappa shape index (κ1) is 9.21. The van der Waals surface area contributed by atoms with Gasteiger partial charge in [0, 0.05) is 0 Å². The molecule has 0 atom stereocenters. The van der Waals surface area contributed by atoms with Crippen molar-refractivity contribution in [3.8, 4) is 0 Å². The highest BCUT2D eigenvalue weighted by molar-refractivity contribution is 5.36.